The van der Waals surface area contributed by atoms with Crippen LogP contribution in [0, 0.1) is 13.8 Å². The summed E-state index contributed by atoms with van der Waals surface area (Å²) in [5.41, 5.74) is 0.972. The van der Waals surface area contributed by atoms with Crippen LogP contribution in [-0.4, -0.2) is 43.7 Å². The van der Waals surface area contributed by atoms with Crippen molar-refractivity contribution in [3.63, 3.8) is 0 Å². The zero-order chi connectivity index (χ0) is 17.0. The molecule has 1 aliphatic heterocycles. The van der Waals surface area contributed by atoms with Crippen LogP contribution in [0.5, 0.6) is 0 Å². The van der Waals surface area contributed by atoms with Gasteiger partial charge in [0.1, 0.15) is 17.6 Å². The largest absolute Gasteiger partial charge is 0.361 e. The fourth-order valence-corrected chi connectivity index (χ4v) is 3.93. The summed E-state index contributed by atoms with van der Waals surface area (Å²) in [6.45, 7) is 3.85. The van der Waals surface area contributed by atoms with Crippen molar-refractivity contribution in [2.45, 2.75) is 44.9 Å². The van der Waals surface area contributed by atoms with E-state index in [1.165, 1.54) is 0 Å². The summed E-state index contributed by atoms with van der Waals surface area (Å²) in [5, 5.41) is 8.90. The standard InChI is InChI=1S/C14H21N3O5S/c1-9-11(10(2)22-17-9)7-23(20,21)8-13(18)16-12-5-3-4-6-15-14(12)19/h12H,3-8H2,1-2H3,(H,15,19)(H,16,18)/t12-/m0/s1. The number of nitrogens with one attached hydrogen (secondary N) is 2. The first-order chi connectivity index (χ1) is 10.8. The van der Waals surface area contributed by atoms with Gasteiger partial charge in [-0.1, -0.05) is 5.16 Å². The lowest BCUT2D eigenvalue weighted by Crippen LogP contribution is -2.47. The highest BCUT2D eigenvalue weighted by molar-refractivity contribution is 7.91. The maximum Gasteiger partial charge on any atom is 0.242 e. The predicted molar refractivity (Wildman–Crippen MR) is 82.3 cm³/mol. The molecule has 0 radical (unpaired) electrons. The summed E-state index contributed by atoms with van der Waals surface area (Å²) < 4.78 is 29.3. The molecule has 1 aromatic rings. The second-order valence-corrected chi connectivity index (χ2v) is 7.81. The smallest absolute Gasteiger partial charge is 0.242 e. The lowest BCUT2D eigenvalue weighted by atomic mass is 10.1. The number of aromatic nitrogens is 1. The van der Waals surface area contributed by atoms with E-state index in [2.05, 4.69) is 15.8 Å². The highest BCUT2D eigenvalue weighted by Crippen LogP contribution is 2.16. The summed E-state index contributed by atoms with van der Waals surface area (Å²) in [7, 11) is -3.67. The topological polar surface area (TPSA) is 118 Å². The van der Waals surface area contributed by atoms with Gasteiger partial charge in [-0.15, -0.1) is 0 Å². The average Bonchev–Trinajstić information content (AvgIpc) is 2.64. The molecular weight excluding hydrogens is 322 g/mol. The van der Waals surface area contributed by atoms with Crippen molar-refractivity contribution in [3.8, 4) is 0 Å². The number of carbonyl (C=O) groups excluding carboxylic acids is 2. The van der Waals surface area contributed by atoms with Crippen molar-refractivity contribution >= 4 is 21.7 Å². The van der Waals surface area contributed by atoms with Crippen LogP contribution in [0.4, 0.5) is 0 Å². The van der Waals surface area contributed by atoms with Crippen molar-refractivity contribution in [3.05, 3.63) is 17.0 Å². The summed E-state index contributed by atoms with van der Waals surface area (Å²) >= 11 is 0. The van der Waals surface area contributed by atoms with Gasteiger partial charge in [0, 0.05) is 12.1 Å². The normalized spacial score (nSPS) is 19.0. The molecule has 0 unspecified atom stereocenters. The Kier molecular flexibility index (Phi) is 5.40. The molecule has 9 heteroatoms. The van der Waals surface area contributed by atoms with Crippen LogP contribution in [0.2, 0.25) is 0 Å². The van der Waals surface area contributed by atoms with Gasteiger partial charge < -0.3 is 15.2 Å². The van der Waals surface area contributed by atoms with Crippen molar-refractivity contribution in [1.82, 2.24) is 15.8 Å². The Hall–Kier alpha value is -1.90. The first-order valence-corrected chi connectivity index (χ1v) is 9.30. The molecule has 0 bridgehead atoms. The molecule has 2 heterocycles. The Bertz CT molecular complexity index is 676. The van der Waals surface area contributed by atoms with Crippen LogP contribution in [0.3, 0.4) is 0 Å². The molecule has 1 aromatic heterocycles. The molecule has 1 saturated heterocycles. The first kappa shape index (κ1) is 17.5. The molecule has 0 aromatic carbocycles. The highest BCUT2D eigenvalue weighted by atomic mass is 32.2. The number of hydrogen-bond acceptors (Lipinski definition) is 6. The Morgan fingerprint density at radius 1 is 1.39 bits per heavy atom. The second kappa shape index (κ2) is 7.12. The van der Waals surface area contributed by atoms with Gasteiger partial charge >= 0.3 is 0 Å². The van der Waals surface area contributed by atoms with Gasteiger partial charge in [0.2, 0.25) is 11.8 Å². The number of carbonyl (C=O) groups is 2. The van der Waals surface area contributed by atoms with Gasteiger partial charge in [0.05, 0.1) is 11.4 Å². The molecule has 128 valence electrons. The number of rotatable bonds is 5. The molecule has 8 nitrogen and oxygen atoms in total. The van der Waals surface area contributed by atoms with Crippen LogP contribution < -0.4 is 10.6 Å². The number of nitrogens with zero attached hydrogens (tertiary/aromatic N) is 1. The monoisotopic (exact) mass is 343 g/mol. The van der Waals surface area contributed by atoms with Crippen LogP contribution in [0.15, 0.2) is 4.52 Å². The van der Waals surface area contributed by atoms with E-state index >= 15 is 0 Å². The fourth-order valence-electron chi connectivity index (χ4n) is 2.49. The molecule has 0 saturated carbocycles. The SMILES string of the molecule is Cc1noc(C)c1CS(=O)(=O)CC(=O)N[C@H]1CCCCNC1=O. The third kappa shape index (κ3) is 4.78. The van der Waals surface area contributed by atoms with Crippen molar-refractivity contribution in [1.29, 1.82) is 0 Å². The van der Waals surface area contributed by atoms with E-state index < -0.39 is 27.5 Å². The molecule has 1 atom stereocenters. The van der Waals surface area contributed by atoms with Gasteiger partial charge in [-0.3, -0.25) is 9.59 Å². The van der Waals surface area contributed by atoms with E-state index in [1.54, 1.807) is 13.8 Å². The summed E-state index contributed by atoms with van der Waals surface area (Å²) in [4.78, 5) is 23.7. The molecule has 0 spiro atoms. The van der Waals surface area contributed by atoms with Gasteiger partial charge in [0.25, 0.3) is 0 Å². The average molecular weight is 343 g/mol. The number of sulfone groups is 1. The minimum atomic E-state index is -3.67. The third-order valence-electron chi connectivity index (χ3n) is 3.77. The van der Waals surface area contributed by atoms with Crippen LogP contribution in [-0.2, 0) is 25.2 Å². The van der Waals surface area contributed by atoms with Crippen molar-refractivity contribution < 1.29 is 22.5 Å². The Morgan fingerprint density at radius 3 is 2.78 bits per heavy atom. The minimum absolute atomic E-state index is 0.265. The number of amides is 2. The highest BCUT2D eigenvalue weighted by Gasteiger charge is 2.26. The summed E-state index contributed by atoms with van der Waals surface area (Å²) in [6, 6.07) is -0.667. The summed E-state index contributed by atoms with van der Waals surface area (Å²) in [5.74, 6) is -1.48. The first-order valence-electron chi connectivity index (χ1n) is 7.48. The van der Waals surface area contributed by atoms with Crippen LogP contribution in [0.25, 0.3) is 0 Å². The van der Waals surface area contributed by atoms with Crippen LogP contribution in [0.1, 0.15) is 36.3 Å². The Labute approximate surface area is 134 Å². The van der Waals surface area contributed by atoms with E-state index in [1.807, 2.05) is 0 Å². The minimum Gasteiger partial charge on any atom is -0.361 e. The summed E-state index contributed by atoms with van der Waals surface area (Å²) in [6.07, 6.45) is 2.17. The maximum atomic E-state index is 12.2. The Balaban J connectivity index is 1.97. The molecule has 23 heavy (non-hydrogen) atoms. The maximum absolute atomic E-state index is 12.2. The lowest BCUT2D eigenvalue weighted by molar-refractivity contribution is -0.127. The second-order valence-electron chi connectivity index (χ2n) is 5.74. The molecule has 2 N–H and O–H groups in total. The van der Waals surface area contributed by atoms with Crippen LogP contribution >= 0.6 is 0 Å². The predicted octanol–water partition coefficient (Wildman–Crippen LogP) is -0.00886. The molecule has 1 aliphatic rings. The lowest BCUT2D eigenvalue weighted by Gasteiger charge is -2.15. The van der Waals surface area contributed by atoms with E-state index in [0.717, 1.165) is 12.8 Å². The molecular formula is C14H21N3O5S. The zero-order valence-electron chi connectivity index (χ0n) is 13.2. The molecule has 2 rings (SSSR count). The van der Waals surface area contributed by atoms with E-state index in [9.17, 15) is 18.0 Å². The molecule has 2 amide bonds. The third-order valence-corrected chi connectivity index (χ3v) is 5.20. The Morgan fingerprint density at radius 2 is 2.13 bits per heavy atom. The van der Waals surface area contributed by atoms with Crippen molar-refractivity contribution in [2.75, 3.05) is 12.3 Å². The molecule has 1 fully saturated rings. The van der Waals surface area contributed by atoms with E-state index in [4.69, 9.17) is 4.52 Å². The van der Waals surface area contributed by atoms with Gasteiger partial charge in [-0.05, 0) is 33.1 Å². The number of hydrogen-bond donors (Lipinski definition) is 2. The number of aryl methyl sites for hydroxylation is 2. The van der Waals surface area contributed by atoms with E-state index in [-0.39, 0.29) is 11.7 Å². The van der Waals surface area contributed by atoms with Crippen molar-refractivity contribution in [2.24, 2.45) is 0 Å². The fraction of sp³-hybridized carbons (Fsp3) is 0.643. The quantitative estimate of drug-likeness (QED) is 0.776. The van der Waals surface area contributed by atoms with Gasteiger partial charge in [0.15, 0.2) is 9.84 Å². The van der Waals surface area contributed by atoms with Gasteiger partial charge in [-0.25, -0.2) is 8.42 Å². The van der Waals surface area contributed by atoms with Gasteiger partial charge in [-0.2, -0.15) is 0 Å². The molecule has 0 aliphatic carbocycles. The van der Waals surface area contributed by atoms with E-state index in [0.29, 0.717) is 30.0 Å². The zero-order valence-corrected chi connectivity index (χ0v) is 14.0.